The molecule has 0 atom stereocenters. The molecule has 0 aliphatic rings. The average molecular weight is 515 g/mol. The van der Waals surface area contributed by atoms with Crippen LogP contribution in [0.5, 0.6) is 5.75 Å². The molecule has 3 aromatic rings. The van der Waals surface area contributed by atoms with E-state index in [-0.39, 0.29) is 11.6 Å². The van der Waals surface area contributed by atoms with Crippen molar-refractivity contribution in [3.63, 3.8) is 0 Å². The van der Waals surface area contributed by atoms with E-state index in [0.717, 1.165) is 40.8 Å². The van der Waals surface area contributed by atoms with Gasteiger partial charge in [-0.2, -0.15) is 0 Å². The number of carboxylic acids is 1. The summed E-state index contributed by atoms with van der Waals surface area (Å²) in [6, 6.07) is 23.2. The van der Waals surface area contributed by atoms with Gasteiger partial charge in [0, 0.05) is 30.4 Å². The summed E-state index contributed by atoms with van der Waals surface area (Å²) >= 11 is 0. The Hall–Kier alpha value is -4.06. The maximum absolute atomic E-state index is 12.7. The second kappa shape index (κ2) is 14.6. The van der Waals surface area contributed by atoms with Crippen molar-refractivity contribution in [2.75, 3.05) is 18.5 Å². The number of hydrogen-bond donors (Lipinski definition) is 2. The molecule has 0 bridgehead atoms. The highest BCUT2D eigenvalue weighted by Crippen LogP contribution is 2.34. The first-order valence-electron chi connectivity index (χ1n) is 13.2. The van der Waals surface area contributed by atoms with Crippen molar-refractivity contribution < 1.29 is 19.4 Å². The van der Waals surface area contributed by atoms with Crippen molar-refractivity contribution in [1.82, 2.24) is 5.32 Å². The van der Waals surface area contributed by atoms with Gasteiger partial charge in [-0.15, -0.1) is 0 Å². The van der Waals surface area contributed by atoms with Gasteiger partial charge in [0.25, 0.3) is 0 Å². The monoisotopic (exact) mass is 514 g/mol. The molecule has 0 aliphatic heterocycles. The molecule has 0 saturated carbocycles. The lowest BCUT2D eigenvalue weighted by Crippen LogP contribution is -2.37. The van der Waals surface area contributed by atoms with Crippen LogP contribution in [0.25, 0.3) is 17.2 Å². The van der Waals surface area contributed by atoms with Gasteiger partial charge in [0.05, 0.1) is 0 Å². The second-order valence-electron chi connectivity index (χ2n) is 9.42. The molecule has 2 amide bonds. The van der Waals surface area contributed by atoms with Gasteiger partial charge in [-0.25, -0.2) is 9.59 Å². The molecular formula is C32H38N2O4. The molecule has 0 unspecified atom stereocenters. The van der Waals surface area contributed by atoms with Crippen molar-refractivity contribution in [1.29, 1.82) is 0 Å². The zero-order valence-corrected chi connectivity index (χ0v) is 22.6. The lowest BCUT2D eigenvalue weighted by Gasteiger charge is -2.20. The van der Waals surface area contributed by atoms with Gasteiger partial charge >= 0.3 is 12.0 Å². The molecule has 0 heterocycles. The number of ether oxygens (including phenoxy) is 1. The molecule has 0 radical (unpaired) electrons. The third-order valence-electron chi connectivity index (χ3n) is 6.37. The highest BCUT2D eigenvalue weighted by atomic mass is 16.5. The van der Waals surface area contributed by atoms with E-state index in [1.165, 1.54) is 19.3 Å². The maximum atomic E-state index is 12.7. The van der Waals surface area contributed by atoms with Gasteiger partial charge in [0.1, 0.15) is 12.4 Å². The summed E-state index contributed by atoms with van der Waals surface area (Å²) in [5.41, 5.74) is 4.54. The number of unbranched alkanes of at least 4 members (excludes halogenated alkanes) is 4. The number of hydrogen-bond acceptors (Lipinski definition) is 3. The lowest BCUT2D eigenvalue weighted by molar-refractivity contribution is -0.132. The number of carbonyl (C=O) groups is 2. The van der Waals surface area contributed by atoms with Crippen LogP contribution in [0.1, 0.15) is 57.1 Å². The Morgan fingerprint density at radius 1 is 0.947 bits per heavy atom. The molecule has 2 N–H and O–H groups in total. The van der Waals surface area contributed by atoms with Crippen molar-refractivity contribution in [3.8, 4) is 16.9 Å². The third-order valence-corrected chi connectivity index (χ3v) is 6.37. The number of benzene rings is 3. The van der Waals surface area contributed by atoms with Gasteiger partial charge in [-0.1, -0.05) is 87.2 Å². The van der Waals surface area contributed by atoms with Crippen LogP contribution >= 0.6 is 0 Å². The Labute approximate surface area is 226 Å². The molecule has 3 rings (SSSR count). The number of carboxylic acid groups (broad SMARTS) is 1. The number of urea groups is 1. The zero-order valence-electron chi connectivity index (χ0n) is 22.6. The van der Waals surface area contributed by atoms with Crippen LogP contribution in [-0.4, -0.2) is 30.7 Å². The molecule has 0 fully saturated rings. The summed E-state index contributed by atoms with van der Waals surface area (Å²) in [5.74, 6) is -0.326. The number of anilines is 1. The molecule has 6 heteroatoms. The number of amides is 2. The van der Waals surface area contributed by atoms with Crippen LogP contribution in [0.2, 0.25) is 0 Å². The summed E-state index contributed by atoms with van der Waals surface area (Å²) in [6.45, 7) is 4.79. The molecule has 200 valence electrons. The second-order valence-corrected chi connectivity index (χ2v) is 9.42. The Morgan fingerprint density at radius 2 is 1.71 bits per heavy atom. The van der Waals surface area contributed by atoms with Crippen LogP contribution in [0.3, 0.4) is 0 Å². The fraction of sp³-hybridized carbons (Fsp3) is 0.312. The minimum atomic E-state index is -0.962. The maximum Gasteiger partial charge on any atom is 0.331 e. The van der Waals surface area contributed by atoms with Crippen molar-refractivity contribution in [2.45, 2.75) is 52.6 Å². The molecule has 6 nitrogen and oxygen atoms in total. The van der Waals surface area contributed by atoms with Crippen LogP contribution in [0.4, 0.5) is 10.5 Å². The van der Waals surface area contributed by atoms with Crippen LogP contribution < -0.4 is 15.0 Å². The van der Waals surface area contributed by atoms with Crippen LogP contribution in [-0.2, 0) is 11.4 Å². The topological polar surface area (TPSA) is 78.9 Å². The fourth-order valence-electron chi connectivity index (χ4n) is 4.08. The van der Waals surface area contributed by atoms with E-state index in [4.69, 9.17) is 4.74 Å². The van der Waals surface area contributed by atoms with Crippen LogP contribution in [0.15, 0.2) is 78.4 Å². The summed E-state index contributed by atoms with van der Waals surface area (Å²) < 4.78 is 6.23. The van der Waals surface area contributed by atoms with Gasteiger partial charge in [0.15, 0.2) is 0 Å². The van der Waals surface area contributed by atoms with E-state index in [2.05, 4.69) is 12.2 Å². The van der Waals surface area contributed by atoms with E-state index in [1.54, 1.807) is 24.9 Å². The van der Waals surface area contributed by atoms with Crippen molar-refractivity contribution in [2.24, 2.45) is 0 Å². The number of rotatable bonds is 13. The molecular weight excluding hydrogens is 476 g/mol. The van der Waals surface area contributed by atoms with Gasteiger partial charge < -0.3 is 15.2 Å². The van der Waals surface area contributed by atoms with Gasteiger partial charge in [-0.05, 0) is 54.3 Å². The van der Waals surface area contributed by atoms with E-state index >= 15 is 0 Å². The lowest BCUT2D eigenvalue weighted by atomic mass is 10.0. The zero-order chi connectivity index (χ0) is 27.3. The van der Waals surface area contributed by atoms with Gasteiger partial charge in [0.2, 0.25) is 0 Å². The summed E-state index contributed by atoms with van der Waals surface area (Å²) in [7, 11) is 1.76. The molecule has 0 aromatic heterocycles. The SMILES string of the molecule is CCCCCCCNC(=O)N(C)c1cccc(-c2ccc(/C=C(\C)C(=O)O)cc2OCc2ccccc2)c1. The first-order chi connectivity index (χ1) is 18.4. The predicted molar refractivity (Wildman–Crippen MR) is 154 cm³/mol. The Morgan fingerprint density at radius 3 is 2.45 bits per heavy atom. The van der Waals surface area contributed by atoms with Crippen molar-refractivity contribution in [3.05, 3.63) is 89.5 Å². The molecule has 38 heavy (non-hydrogen) atoms. The Bertz CT molecular complexity index is 1240. The first kappa shape index (κ1) is 28.5. The van der Waals surface area contributed by atoms with Crippen molar-refractivity contribution >= 4 is 23.8 Å². The summed E-state index contributed by atoms with van der Waals surface area (Å²) in [6.07, 6.45) is 7.35. The summed E-state index contributed by atoms with van der Waals surface area (Å²) in [5, 5.41) is 12.3. The Balaban J connectivity index is 1.81. The standard InChI is InChI=1S/C32H38N2O4/c1-4-5-6-7-11-19-33-32(37)34(3)28-16-12-15-27(22-28)29-18-17-26(20-24(2)31(35)36)21-30(29)38-23-25-13-9-8-10-14-25/h8-10,12-18,20-22H,4-7,11,19,23H2,1-3H3,(H,33,37)(H,35,36)/b24-20+. The van der Waals surface area contributed by atoms with Crippen LogP contribution in [0, 0.1) is 0 Å². The van der Waals surface area contributed by atoms with E-state index in [9.17, 15) is 14.7 Å². The normalized spacial score (nSPS) is 11.2. The van der Waals surface area contributed by atoms with E-state index in [1.807, 2.05) is 72.8 Å². The smallest absolute Gasteiger partial charge is 0.331 e. The number of aliphatic carboxylic acids is 1. The largest absolute Gasteiger partial charge is 0.488 e. The van der Waals surface area contributed by atoms with E-state index < -0.39 is 5.97 Å². The minimum Gasteiger partial charge on any atom is -0.488 e. The third kappa shape index (κ3) is 8.51. The van der Waals surface area contributed by atoms with E-state index in [0.29, 0.717) is 18.9 Å². The fourth-order valence-corrected chi connectivity index (χ4v) is 4.08. The summed E-state index contributed by atoms with van der Waals surface area (Å²) in [4.78, 5) is 25.7. The molecule has 3 aromatic carbocycles. The highest BCUT2D eigenvalue weighted by molar-refractivity contribution is 5.93. The minimum absolute atomic E-state index is 0.136. The molecule has 0 spiro atoms. The number of nitrogens with zero attached hydrogens (tertiary/aromatic N) is 1. The Kier molecular flexibility index (Phi) is 11.0. The first-order valence-corrected chi connectivity index (χ1v) is 13.2. The predicted octanol–water partition coefficient (Wildman–Crippen LogP) is 7.54. The average Bonchev–Trinajstić information content (AvgIpc) is 2.94. The quantitative estimate of drug-likeness (QED) is 0.182. The van der Waals surface area contributed by atoms with Gasteiger partial charge in [-0.3, -0.25) is 4.90 Å². The molecule has 0 aliphatic carbocycles. The number of nitrogens with one attached hydrogen (secondary N) is 1. The number of carbonyl (C=O) groups excluding carboxylic acids is 1. The molecule has 0 saturated heterocycles. The highest BCUT2D eigenvalue weighted by Gasteiger charge is 2.14.